The Morgan fingerprint density at radius 1 is 0.340 bits per heavy atom. The van der Waals surface area contributed by atoms with Gasteiger partial charge in [0.15, 0.2) is 25.1 Å². The molecule has 7 heteroatoms. The summed E-state index contributed by atoms with van der Waals surface area (Å²) in [7, 11) is 6.97. The second-order valence-electron chi connectivity index (χ2n) is 15.0. The van der Waals surface area contributed by atoms with Crippen LogP contribution < -0.4 is 0 Å². The van der Waals surface area contributed by atoms with Gasteiger partial charge in [-0.3, -0.25) is 0 Å². The lowest BCUT2D eigenvalue weighted by Crippen LogP contribution is -2.24. The lowest BCUT2D eigenvalue weighted by molar-refractivity contribution is -0.166. The Hall–Kier alpha value is -1.44. The first-order valence-electron chi connectivity index (χ1n) is 22.5. The quantitative estimate of drug-likeness (QED) is 0.0349. The second-order valence-corrected chi connectivity index (χ2v) is 15.0. The van der Waals surface area contributed by atoms with Gasteiger partial charge in [0.2, 0.25) is 0 Å². The smallest absolute Gasteiger partial charge is 0.162 e. The van der Waals surface area contributed by atoms with Crippen molar-refractivity contribution in [2.24, 2.45) is 0 Å². The van der Waals surface area contributed by atoms with Crippen molar-refractivity contribution in [1.29, 1.82) is 0 Å². The molecule has 0 heterocycles. The predicted octanol–water partition coefficient (Wildman–Crippen LogP) is 14.5. The van der Waals surface area contributed by atoms with Gasteiger partial charge in [-0.05, 0) is 25.7 Å². The van der Waals surface area contributed by atoms with Crippen molar-refractivity contribution in [3.63, 3.8) is 0 Å². The molecule has 0 aliphatic heterocycles. The average Bonchev–Trinajstić information content (AvgIpc) is 3.17. The summed E-state index contributed by atoms with van der Waals surface area (Å²) in [5, 5.41) is 0. The van der Waals surface area contributed by atoms with Crippen molar-refractivity contribution in [2.45, 2.75) is 233 Å². The molecule has 0 saturated heterocycles. The molecular formula is C46H90O7. The highest BCUT2D eigenvalue weighted by molar-refractivity contribution is 5.08. The largest absolute Gasteiger partial charge is 0.497 e. The van der Waals surface area contributed by atoms with Gasteiger partial charge in [-0.25, -0.2) is 0 Å². The molecule has 53 heavy (non-hydrogen) atoms. The third kappa shape index (κ3) is 28.6. The highest BCUT2D eigenvalue weighted by atomic mass is 16.7. The molecule has 0 aliphatic carbocycles. The molecule has 0 saturated carbocycles. The molecule has 0 aliphatic rings. The summed E-state index contributed by atoms with van der Waals surface area (Å²) in [5.41, 5.74) is 0. The Bertz CT molecular complexity index is 761. The zero-order chi connectivity index (χ0) is 39.0. The summed E-state index contributed by atoms with van der Waals surface area (Å²) >= 11 is 0. The van der Waals surface area contributed by atoms with Crippen molar-refractivity contribution in [2.75, 3.05) is 42.0 Å². The van der Waals surface area contributed by atoms with Crippen LogP contribution in [0.5, 0.6) is 0 Å². The van der Waals surface area contributed by atoms with E-state index >= 15 is 0 Å². The molecule has 0 bridgehead atoms. The van der Waals surface area contributed by atoms with Crippen LogP contribution in [0.3, 0.4) is 0 Å². The van der Waals surface area contributed by atoms with E-state index < -0.39 is 0 Å². The van der Waals surface area contributed by atoms with Gasteiger partial charge in [0.25, 0.3) is 0 Å². The molecule has 0 aromatic heterocycles. The fourth-order valence-corrected chi connectivity index (χ4v) is 7.08. The summed E-state index contributed by atoms with van der Waals surface area (Å²) in [6.45, 7) is 9.23. The van der Waals surface area contributed by atoms with Crippen LogP contribution in [0.15, 0.2) is 23.0 Å². The average molecular weight is 755 g/mol. The number of unbranched alkanes of at least 4 members (excludes halogenated alkanes) is 22. The zero-order valence-electron chi connectivity index (χ0n) is 36.6. The number of hydrogen-bond donors (Lipinski definition) is 0. The van der Waals surface area contributed by atoms with Gasteiger partial charge in [0.05, 0.1) is 28.4 Å². The maximum atomic E-state index is 6.34. The Labute approximate surface area is 330 Å². The first-order valence-corrected chi connectivity index (χ1v) is 22.5. The Kier molecular flexibility index (Phi) is 39.1. The Morgan fingerprint density at radius 3 is 0.906 bits per heavy atom. The molecule has 0 aromatic carbocycles. The van der Waals surface area contributed by atoms with Crippen LogP contribution in [0.25, 0.3) is 0 Å². The molecule has 0 N–H and O–H groups in total. The normalized spacial score (nSPS) is 13.7. The molecular weight excluding hydrogens is 664 g/mol. The summed E-state index contributed by atoms with van der Waals surface area (Å²) in [6, 6.07) is 0. The lowest BCUT2D eigenvalue weighted by atomic mass is 10.0. The predicted molar refractivity (Wildman–Crippen MR) is 224 cm³/mol. The highest BCUT2D eigenvalue weighted by Crippen LogP contribution is 2.26. The first kappa shape index (κ1) is 51.6. The van der Waals surface area contributed by atoms with Crippen LogP contribution >= 0.6 is 0 Å². The summed E-state index contributed by atoms with van der Waals surface area (Å²) in [5.74, 6) is 3.38. The van der Waals surface area contributed by atoms with Crippen LogP contribution in [0.1, 0.15) is 220 Å². The van der Waals surface area contributed by atoms with E-state index in [9.17, 15) is 0 Å². The van der Waals surface area contributed by atoms with Gasteiger partial charge in [-0.1, -0.05) is 182 Å². The number of methoxy groups -OCH3 is 4. The third-order valence-corrected chi connectivity index (χ3v) is 10.4. The van der Waals surface area contributed by atoms with Crippen molar-refractivity contribution in [3.05, 3.63) is 23.0 Å². The minimum atomic E-state index is -0.222. The van der Waals surface area contributed by atoms with Gasteiger partial charge in [0.1, 0.15) is 23.7 Å². The van der Waals surface area contributed by atoms with Crippen LogP contribution in [0, 0.1) is 0 Å². The molecule has 2 unspecified atom stereocenters. The number of ether oxygens (including phenoxy) is 7. The lowest BCUT2D eigenvalue weighted by Gasteiger charge is -2.24. The second kappa shape index (κ2) is 40.2. The third-order valence-electron chi connectivity index (χ3n) is 10.4. The Balaban J connectivity index is 5.15. The minimum absolute atomic E-state index is 0.113. The van der Waals surface area contributed by atoms with E-state index in [0.29, 0.717) is 0 Å². The summed E-state index contributed by atoms with van der Waals surface area (Å²) < 4.78 is 42.4. The molecule has 0 spiro atoms. The SMILES string of the molecule is CCCCCCCCCCCCC(OC)=C(OC)C(CCCCC)OCOCOC(CCCCC)C(OC)=C(CCCCCCCCCCCC)OC. The van der Waals surface area contributed by atoms with E-state index in [-0.39, 0.29) is 25.8 Å². The van der Waals surface area contributed by atoms with Gasteiger partial charge in [-0.15, -0.1) is 0 Å². The van der Waals surface area contributed by atoms with Gasteiger partial charge in [-0.2, -0.15) is 0 Å². The fraction of sp³-hybridized carbons (Fsp3) is 0.913. The fourth-order valence-electron chi connectivity index (χ4n) is 7.08. The molecule has 316 valence electrons. The monoisotopic (exact) mass is 755 g/mol. The van der Waals surface area contributed by atoms with Crippen LogP contribution in [-0.2, 0) is 33.2 Å². The molecule has 0 fully saturated rings. The van der Waals surface area contributed by atoms with Crippen molar-refractivity contribution in [1.82, 2.24) is 0 Å². The first-order chi connectivity index (χ1) is 26.1. The minimum Gasteiger partial charge on any atom is -0.497 e. The van der Waals surface area contributed by atoms with Crippen molar-refractivity contribution in [3.8, 4) is 0 Å². The van der Waals surface area contributed by atoms with E-state index in [1.54, 1.807) is 28.4 Å². The molecule has 0 amide bonds. The topological polar surface area (TPSA) is 64.6 Å². The van der Waals surface area contributed by atoms with Crippen LogP contribution in [-0.4, -0.2) is 54.2 Å². The summed E-state index contributed by atoms with van der Waals surface area (Å²) in [6.07, 6.45) is 35.9. The van der Waals surface area contributed by atoms with Crippen LogP contribution in [0.4, 0.5) is 0 Å². The van der Waals surface area contributed by atoms with Crippen molar-refractivity contribution < 1.29 is 33.2 Å². The zero-order valence-corrected chi connectivity index (χ0v) is 36.6. The van der Waals surface area contributed by atoms with Crippen LogP contribution in [0.2, 0.25) is 0 Å². The molecule has 7 nitrogen and oxygen atoms in total. The van der Waals surface area contributed by atoms with E-state index in [2.05, 4.69) is 27.7 Å². The van der Waals surface area contributed by atoms with Gasteiger partial charge >= 0.3 is 0 Å². The number of rotatable bonds is 42. The molecule has 0 aromatic rings. The molecule has 0 rings (SSSR count). The summed E-state index contributed by atoms with van der Waals surface area (Å²) in [4.78, 5) is 0. The van der Waals surface area contributed by atoms with Crippen molar-refractivity contribution >= 4 is 0 Å². The van der Waals surface area contributed by atoms with E-state index in [0.717, 1.165) is 100 Å². The van der Waals surface area contributed by atoms with E-state index in [1.807, 2.05) is 0 Å². The van der Waals surface area contributed by atoms with Gasteiger partial charge < -0.3 is 33.2 Å². The standard InChI is InChI=1S/C46H90O7/c1-9-13-17-19-21-23-25-27-29-33-35-41(47-5)45(49-7)43(37-31-15-11-3)52-39-51-40-53-44(38-32-16-12-4)46(50-8)42(48-6)36-34-30-28-26-24-22-20-18-14-10-2/h43-44H,9-40H2,1-8H3. The number of hydrogen-bond acceptors (Lipinski definition) is 7. The highest BCUT2D eigenvalue weighted by Gasteiger charge is 2.23. The maximum absolute atomic E-state index is 6.34. The van der Waals surface area contributed by atoms with Gasteiger partial charge in [0, 0.05) is 12.8 Å². The Morgan fingerprint density at radius 2 is 0.623 bits per heavy atom. The van der Waals surface area contributed by atoms with E-state index in [1.165, 1.54) is 116 Å². The molecule has 2 atom stereocenters. The number of allylic oxidation sites excluding steroid dienone is 2. The molecule has 0 radical (unpaired) electrons. The van der Waals surface area contributed by atoms with E-state index in [4.69, 9.17) is 33.2 Å². The maximum Gasteiger partial charge on any atom is 0.162 e.